The van der Waals surface area contributed by atoms with Crippen LogP contribution < -0.4 is 16.8 Å². The summed E-state index contributed by atoms with van der Waals surface area (Å²) in [5.41, 5.74) is 11.8. The average Bonchev–Trinajstić information content (AvgIpc) is 3.11. The number of likely N-dealkylation sites (N-methyl/N-ethyl adjacent to an activating group) is 1. The predicted molar refractivity (Wildman–Crippen MR) is 224 cm³/mol. The first-order valence-corrected chi connectivity index (χ1v) is 22.7. The Hall–Kier alpha value is -0.910. The van der Waals surface area contributed by atoms with Gasteiger partial charge in [-0.15, -0.1) is 0 Å². The van der Waals surface area contributed by atoms with Gasteiger partial charge in [0, 0.05) is 0 Å². The van der Waals surface area contributed by atoms with E-state index in [1.807, 2.05) is 0 Å². The lowest BCUT2D eigenvalue weighted by molar-refractivity contribution is -0.908. The van der Waals surface area contributed by atoms with E-state index in [1.54, 1.807) is 0 Å². The summed E-state index contributed by atoms with van der Waals surface area (Å²) >= 11 is 0. The Labute approximate surface area is 314 Å². The average molecular weight is 706 g/mol. The molecule has 0 saturated heterocycles. The molecule has 0 rings (SSSR count). The number of nitrogens with two attached hydrogens (primary N) is 2. The Morgan fingerprint density at radius 1 is 0.520 bits per heavy atom. The van der Waals surface area contributed by atoms with Crippen LogP contribution in [0.4, 0.5) is 0 Å². The highest BCUT2D eigenvalue weighted by molar-refractivity contribution is 5.81. The molecular weight excluding hydrogens is 613 g/mol. The first-order valence-electron chi connectivity index (χ1n) is 22.7. The van der Waals surface area contributed by atoms with Crippen molar-refractivity contribution in [1.29, 1.82) is 0 Å². The van der Waals surface area contributed by atoms with Crippen LogP contribution in [0.1, 0.15) is 226 Å². The number of nitrogens with zero attached hydrogens (tertiary/aromatic N) is 1. The van der Waals surface area contributed by atoms with Gasteiger partial charge in [-0.3, -0.25) is 4.79 Å². The molecule has 50 heavy (non-hydrogen) atoms. The molecule has 0 spiro atoms. The monoisotopic (exact) mass is 706 g/mol. The third-order valence-corrected chi connectivity index (χ3v) is 11.0. The van der Waals surface area contributed by atoms with E-state index in [1.165, 1.54) is 206 Å². The molecule has 0 fully saturated rings. The summed E-state index contributed by atoms with van der Waals surface area (Å²) in [7, 11) is 2.43. The van der Waals surface area contributed by atoms with Gasteiger partial charge in [0.2, 0.25) is 5.91 Å². The van der Waals surface area contributed by atoms with E-state index in [0.717, 1.165) is 36.8 Å². The van der Waals surface area contributed by atoms with Crippen molar-refractivity contribution in [3.63, 3.8) is 0 Å². The van der Waals surface area contributed by atoms with E-state index in [0.29, 0.717) is 6.54 Å². The molecule has 0 aromatic carbocycles. The fourth-order valence-corrected chi connectivity index (χ4v) is 7.34. The molecule has 0 bridgehead atoms. The second-order valence-electron chi connectivity index (χ2n) is 16.2. The van der Waals surface area contributed by atoms with Crippen molar-refractivity contribution >= 4 is 5.91 Å². The molecule has 1 unspecified atom stereocenters. The van der Waals surface area contributed by atoms with Gasteiger partial charge in [0.1, 0.15) is 0 Å². The molecule has 2 atom stereocenters. The third-order valence-electron chi connectivity index (χ3n) is 11.0. The summed E-state index contributed by atoms with van der Waals surface area (Å²) in [6.45, 7) is 9.43. The van der Waals surface area contributed by atoms with Gasteiger partial charge in [0.05, 0.1) is 39.3 Å². The number of nitrogens with one attached hydrogen (secondary N) is 1. The SMILES string of the molecule is CCCCCCCC/C=C/CCCCCCCC[N+](C)(CCCCCCCCCCCCCCCCCC)CCNC(=O)[C@@H](N)CCCCN. The minimum absolute atomic E-state index is 0.00762. The number of hydrogen-bond donors (Lipinski definition) is 3. The number of amides is 1. The maximum Gasteiger partial charge on any atom is 0.237 e. The highest BCUT2D eigenvalue weighted by Gasteiger charge is 2.22. The van der Waals surface area contributed by atoms with E-state index < -0.39 is 6.04 Å². The smallest absolute Gasteiger partial charge is 0.237 e. The predicted octanol–water partition coefficient (Wildman–Crippen LogP) is 12.3. The highest BCUT2D eigenvalue weighted by Crippen LogP contribution is 2.16. The molecule has 5 N–H and O–H groups in total. The number of hydrogen-bond acceptors (Lipinski definition) is 3. The van der Waals surface area contributed by atoms with Crippen molar-refractivity contribution < 1.29 is 9.28 Å². The van der Waals surface area contributed by atoms with Crippen molar-refractivity contribution in [1.82, 2.24) is 5.32 Å². The van der Waals surface area contributed by atoms with E-state index in [2.05, 4.69) is 38.4 Å². The summed E-state index contributed by atoms with van der Waals surface area (Å²) in [4.78, 5) is 12.6. The van der Waals surface area contributed by atoms with Gasteiger partial charge in [-0.2, -0.15) is 0 Å². The van der Waals surface area contributed by atoms with Gasteiger partial charge < -0.3 is 21.3 Å². The lowest BCUT2D eigenvalue weighted by Gasteiger charge is -2.35. The van der Waals surface area contributed by atoms with Gasteiger partial charge >= 0.3 is 0 Å². The summed E-state index contributed by atoms with van der Waals surface area (Å²) in [5.74, 6) is 0.00762. The Balaban J connectivity index is 4.19. The molecule has 0 aliphatic heterocycles. The fraction of sp³-hybridized carbons (Fsp3) is 0.933. The lowest BCUT2D eigenvalue weighted by atomic mass is 10.0. The zero-order valence-electron chi connectivity index (χ0n) is 34.6. The summed E-state index contributed by atoms with van der Waals surface area (Å²) < 4.78 is 1.07. The van der Waals surface area contributed by atoms with Gasteiger partial charge in [0.15, 0.2) is 0 Å². The molecule has 0 aromatic rings. The van der Waals surface area contributed by atoms with E-state index in [4.69, 9.17) is 11.5 Å². The molecule has 1 amide bonds. The number of allylic oxidation sites excluding steroid dienone is 2. The van der Waals surface area contributed by atoms with E-state index in [-0.39, 0.29) is 5.91 Å². The van der Waals surface area contributed by atoms with Crippen molar-refractivity contribution in [2.75, 3.05) is 39.8 Å². The largest absolute Gasteiger partial charge is 0.349 e. The molecule has 0 aromatic heterocycles. The van der Waals surface area contributed by atoms with Crippen LogP contribution in [0.2, 0.25) is 0 Å². The van der Waals surface area contributed by atoms with Crippen LogP contribution in [-0.2, 0) is 4.79 Å². The Morgan fingerprint density at radius 2 is 0.880 bits per heavy atom. The zero-order chi connectivity index (χ0) is 36.6. The zero-order valence-corrected chi connectivity index (χ0v) is 34.6. The molecular formula is C45H93N4O+. The summed E-state index contributed by atoms with van der Waals surface area (Å²) in [5, 5.41) is 3.16. The maximum absolute atomic E-state index is 12.6. The van der Waals surface area contributed by atoms with Gasteiger partial charge in [-0.05, 0) is 70.8 Å². The Morgan fingerprint density at radius 3 is 1.26 bits per heavy atom. The first kappa shape index (κ1) is 49.1. The minimum Gasteiger partial charge on any atom is -0.349 e. The quantitative estimate of drug-likeness (QED) is 0.0336. The van der Waals surface area contributed by atoms with Crippen LogP contribution in [0.5, 0.6) is 0 Å². The van der Waals surface area contributed by atoms with E-state index in [9.17, 15) is 4.79 Å². The Kier molecular flexibility index (Phi) is 38.6. The van der Waals surface area contributed by atoms with Crippen LogP contribution in [0, 0.1) is 0 Å². The van der Waals surface area contributed by atoms with Gasteiger partial charge in [0.25, 0.3) is 0 Å². The van der Waals surface area contributed by atoms with Gasteiger partial charge in [-0.1, -0.05) is 174 Å². The number of carbonyl (C=O) groups excluding carboxylic acids is 1. The number of rotatable bonds is 41. The minimum atomic E-state index is -0.406. The molecule has 0 heterocycles. The van der Waals surface area contributed by atoms with E-state index >= 15 is 0 Å². The Bertz CT molecular complexity index is 713. The normalized spacial score (nSPS) is 13.6. The molecule has 0 radical (unpaired) electrons. The molecule has 5 heteroatoms. The van der Waals surface area contributed by atoms with Crippen LogP contribution in [0.15, 0.2) is 12.2 Å². The molecule has 5 nitrogen and oxygen atoms in total. The highest BCUT2D eigenvalue weighted by atomic mass is 16.2. The number of carbonyl (C=O) groups is 1. The topological polar surface area (TPSA) is 81.1 Å². The van der Waals surface area contributed by atoms with Crippen LogP contribution in [0.25, 0.3) is 0 Å². The number of quaternary nitrogens is 1. The second kappa shape index (κ2) is 39.3. The second-order valence-corrected chi connectivity index (χ2v) is 16.2. The molecule has 298 valence electrons. The van der Waals surface area contributed by atoms with Crippen LogP contribution in [-0.4, -0.2) is 56.2 Å². The maximum atomic E-state index is 12.6. The molecule has 0 aliphatic rings. The number of unbranched alkanes of at least 4 members (excludes halogenated alkanes) is 28. The van der Waals surface area contributed by atoms with Gasteiger partial charge in [-0.25, -0.2) is 0 Å². The van der Waals surface area contributed by atoms with Crippen molar-refractivity contribution in [3.8, 4) is 0 Å². The van der Waals surface area contributed by atoms with Crippen molar-refractivity contribution in [2.45, 2.75) is 232 Å². The van der Waals surface area contributed by atoms with Crippen LogP contribution >= 0.6 is 0 Å². The molecule has 0 aliphatic carbocycles. The summed E-state index contributed by atoms with van der Waals surface area (Å²) in [6, 6.07) is -0.406. The van der Waals surface area contributed by atoms with Crippen LogP contribution in [0.3, 0.4) is 0 Å². The van der Waals surface area contributed by atoms with Crippen molar-refractivity contribution in [3.05, 3.63) is 12.2 Å². The first-order chi connectivity index (χ1) is 24.5. The summed E-state index contributed by atoms with van der Waals surface area (Å²) in [6.07, 6.45) is 49.0. The van der Waals surface area contributed by atoms with Crippen molar-refractivity contribution in [2.24, 2.45) is 11.5 Å². The third kappa shape index (κ3) is 35.5. The fourth-order valence-electron chi connectivity index (χ4n) is 7.34. The standard InChI is InChI=1S/C45H92N4O/c1-4-6-8-10-12-14-16-18-20-22-24-26-28-30-32-36-41-49(3,43-40-48-45(50)44(47)38-34-35-39-46)42-37-33-31-29-27-25-23-21-19-17-15-13-11-9-7-5-2/h18,20,44H,4-17,19,21-43,46-47H2,1-3H3/p+1/b20-18+/t44-,49?/m0/s1. The molecule has 0 saturated carbocycles. The lowest BCUT2D eigenvalue weighted by Crippen LogP contribution is -2.51.